The number of carbonyl (C=O) groups is 1. The summed E-state index contributed by atoms with van der Waals surface area (Å²) in [6.45, 7) is 2.83. The summed E-state index contributed by atoms with van der Waals surface area (Å²) in [7, 11) is 1.69. The lowest BCUT2D eigenvalue weighted by molar-refractivity contribution is 0.0652. The van der Waals surface area contributed by atoms with Gasteiger partial charge in [0.2, 0.25) is 0 Å². The number of hydrogen-bond donors (Lipinski definition) is 1. The Morgan fingerprint density at radius 2 is 2.32 bits per heavy atom. The molecule has 104 valence electrons. The molecule has 0 radical (unpaired) electrons. The van der Waals surface area contributed by atoms with Crippen LogP contribution in [0.25, 0.3) is 0 Å². The molecule has 5 heteroatoms. The Balaban J connectivity index is 1.87. The molecule has 1 aliphatic heterocycles. The second kappa shape index (κ2) is 6.63. The highest BCUT2D eigenvalue weighted by Crippen LogP contribution is 2.10. The van der Waals surface area contributed by atoms with Crippen molar-refractivity contribution in [1.82, 2.24) is 10.2 Å². The Hall–Kier alpha value is -1.46. The lowest BCUT2D eigenvalue weighted by atomic mass is 10.1. The molecule has 19 heavy (non-hydrogen) atoms. The molecule has 2 rings (SSSR count). The fourth-order valence-electron chi connectivity index (χ4n) is 2.10. The van der Waals surface area contributed by atoms with Crippen LogP contribution in [0, 0.1) is 5.82 Å². The molecule has 0 saturated carbocycles. The van der Waals surface area contributed by atoms with Gasteiger partial charge in [-0.2, -0.15) is 0 Å². The summed E-state index contributed by atoms with van der Waals surface area (Å²) in [6, 6.07) is 6.33. The van der Waals surface area contributed by atoms with Gasteiger partial charge in [0.25, 0.3) is 5.91 Å². The van der Waals surface area contributed by atoms with Crippen LogP contribution in [0.15, 0.2) is 24.3 Å². The number of nitrogens with zero attached hydrogens (tertiary/aromatic N) is 1. The molecule has 0 bridgehead atoms. The Morgan fingerprint density at radius 1 is 1.53 bits per heavy atom. The molecule has 1 aromatic rings. The van der Waals surface area contributed by atoms with E-state index in [1.54, 1.807) is 24.1 Å². The predicted molar refractivity (Wildman–Crippen MR) is 70.6 cm³/mol. The lowest BCUT2D eigenvalue weighted by Gasteiger charge is -2.26. The monoisotopic (exact) mass is 266 g/mol. The van der Waals surface area contributed by atoms with Gasteiger partial charge in [-0.3, -0.25) is 4.79 Å². The summed E-state index contributed by atoms with van der Waals surface area (Å²) in [5.41, 5.74) is 0.123. The van der Waals surface area contributed by atoms with Crippen molar-refractivity contribution in [1.29, 1.82) is 0 Å². The quantitative estimate of drug-likeness (QED) is 0.892. The molecule has 0 spiro atoms. The third-order valence-electron chi connectivity index (χ3n) is 3.26. The van der Waals surface area contributed by atoms with Gasteiger partial charge in [0.1, 0.15) is 5.82 Å². The van der Waals surface area contributed by atoms with E-state index in [9.17, 15) is 9.18 Å². The maximum absolute atomic E-state index is 13.5. The van der Waals surface area contributed by atoms with Crippen LogP contribution in [0.2, 0.25) is 0 Å². The summed E-state index contributed by atoms with van der Waals surface area (Å²) in [4.78, 5) is 13.6. The van der Waals surface area contributed by atoms with Crippen molar-refractivity contribution in [3.8, 4) is 0 Å². The SMILES string of the molecule is CN(CCC1COCCN1)C(=O)c1ccccc1F. The molecule has 0 aliphatic carbocycles. The smallest absolute Gasteiger partial charge is 0.256 e. The zero-order valence-electron chi connectivity index (χ0n) is 11.1. The largest absolute Gasteiger partial charge is 0.379 e. The zero-order valence-corrected chi connectivity index (χ0v) is 11.1. The highest BCUT2D eigenvalue weighted by atomic mass is 19.1. The van der Waals surface area contributed by atoms with E-state index < -0.39 is 5.82 Å². The average Bonchev–Trinajstić information content (AvgIpc) is 2.45. The van der Waals surface area contributed by atoms with Crippen LogP contribution in [0.4, 0.5) is 4.39 Å². The number of benzene rings is 1. The van der Waals surface area contributed by atoms with Crippen molar-refractivity contribution < 1.29 is 13.9 Å². The number of carbonyl (C=O) groups excluding carboxylic acids is 1. The van der Waals surface area contributed by atoms with Crippen LogP contribution in [-0.4, -0.2) is 50.2 Å². The van der Waals surface area contributed by atoms with E-state index in [-0.39, 0.29) is 17.5 Å². The van der Waals surface area contributed by atoms with Crippen molar-refractivity contribution in [3.63, 3.8) is 0 Å². The van der Waals surface area contributed by atoms with Crippen molar-refractivity contribution in [2.24, 2.45) is 0 Å². The minimum atomic E-state index is -0.474. The topological polar surface area (TPSA) is 41.6 Å². The third kappa shape index (κ3) is 3.75. The number of amides is 1. The molecule has 1 fully saturated rings. The molecule has 1 amide bonds. The minimum absolute atomic E-state index is 0.123. The number of halogens is 1. The Kier molecular flexibility index (Phi) is 4.87. The summed E-state index contributed by atoms with van der Waals surface area (Å²) in [6.07, 6.45) is 0.802. The van der Waals surface area contributed by atoms with Gasteiger partial charge in [-0.15, -0.1) is 0 Å². The van der Waals surface area contributed by atoms with Crippen LogP contribution in [-0.2, 0) is 4.74 Å². The van der Waals surface area contributed by atoms with Gasteiger partial charge in [-0.25, -0.2) is 4.39 Å². The normalized spacial score (nSPS) is 19.2. The van der Waals surface area contributed by atoms with E-state index in [0.717, 1.165) is 19.6 Å². The first-order valence-corrected chi connectivity index (χ1v) is 6.49. The summed E-state index contributed by atoms with van der Waals surface area (Å²) >= 11 is 0. The highest BCUT2D eigenvalue weighted by Gasteiger charge is 2.18. The van der Waals surface area contributed by atoms with Gasteiger partial charge in [0.05, 0.1) is 18.8 Å². The van der Waals surface area contributed by atoms with Crippen LogP contribution in [0.5, 0.6) is 0 Å². The van der Waals surface area contributed by atoms with Crippen LogP contribution >= 0.6 is 0 Å². The number of rotatable bonds is 4. The number of ether oxygens (including phenoxy) is 1. The molecule has 1 aromatic carbocycles. The molecule has 1 atom stereocenters. The van der Waals surface area contributed by atoms with E-state index in [0.29, 0.717) is 13.2 Å². The first-order valence-electron chi connectivity index (χ1n) is 6.49. The number of hydrogen-bond acceptors (Lipinski definition) is 3. The third-order valence-corrected chi connectivity index (χ3v) is 3.26. The molecule has 0 aromatic heterocycles. The highest BCUT2D eigenvalue weighted by molar-refractivity contribution is 5.94. The average molecular weight is 266 g/mol. The molecule has 1 unspecified atom stereocenters. The Bertz CT molecular complexity index is 433. The number of morpholine rings is 1. The van der Waals surface area contributed by atoms with Gasteiger partial charge in [0.15, 0.2) is 0 Å². The summed E-state index contributed by atoms with van der Waals surface area (Å²) in [5.74, 6) is -0.756. The number of nitrogens with one attached hydrogen (secondary N) is 1. The second-order valence-corrected chi connectivity index (χ2v) is 4.72. The van der Waals surface area contributed by atoms with E-state index in [4.69, 9.17) is 4.74 Å². The molecule has 1 N–H and O–H groups in total. The fourth-order valence-corrected chi connectivity index (χ4v) is 2.10. The first kappa shape index (κ1) is 14.0. The standard InChI is InChI=1S/C14H19FN2O2/c1-17(8-6-11-10-19-9-7-16-11)14(18)12-4-2-3-5-13(12)15/h2-5,11,16H,6-10H2,1H3. The van der Waals surface area contributed by atoms with E-state index in [2.05, 4.69) is 5.32 Å². The first-order chi connectivity index (χ1) is 9.18. The predicted octanol–water partition coefficient (Wildman–Crippen LogP) is 1.28. The van der Waals surface area contributed by atoms with Crippen molar-refractivity contribution >= 4 is 5.91 Å². The van der Waals surface area contributed by atoms with Crippen molar-refractivity contribution in [2.75, 3.05) is 33.4 Å². The van der Waals surface area contributed by atoms with Crippen LogP contribution in [0.3, 0.4) is 0 Å². The molecular formula is C14H19FN2O2. The van der Waals surface area contributed by atoms with Crippen molar-refractivity contribution in [2.45, 2.75) is 12.5 Å². The van der Waals surface area contributed by atoms with E-state index >= 15 is 0 Å². The summed E-state index contributed by atoms with van der Waals surface area (Å²) < 4.78 is 18.9. The van der Waals surface area contributed by atoms with Gasteiger partial charge >= 0.3 is 0 Å². The van der Waals surface area contributed by atoms with Crippen molar-refractivity contribution in [3.05, 3.63) is 35.6 Å². The fraction of sp³-hybridized carbons (Fsp3) is 0.500. The van der Waals surface area contributed by atoms with Gasteiger partial charge in [-0.05, 0) is 18.6 Å². The molecule has 1 aliphatic rings. The maximum atomic E-state index is 13.5. The minimum Gasteiger partial charge on any atom is -0.379 e. The molecule has 1 heterocycles. The Labute approximate surface area is 112 Å². The van der Waals surface area contributed by atoms with E-state index in [1.807, 2.05) is 0 Å². The molecular weight excluding hydrogens is 247 g/mol. The van der Waals surface area contributed by atoms with Crippen LogP contribution < -0.4 is 5.32 Å². The second-order valence-electron chi connectivity index (χ2n) is 4.72. The lowest BCUT2D eigenvalue weighted by Crippen LogP contribution is -2.43. The van der Waals surface area contributed by atoms with E-state index in [1.165, 1.54) is 12.1 Å². The zero-order chi connectivity index (χ0) is 13.7. The maximum Gasteiger partial charge on any atom is 0.256 e. The van der Waals surface area contributed by atoms with Gasteiger partial charge in [-0.1, -0.05) is 12.1 Å². The van der Waals surface area contributed by atoms with Gasteiger partial charge < -0.3 is 15.0 Å². The van der Waals surface area contributed by atoms with Crippen LogP contribution in [0.1, 0.15) is 16.8 Å². The van der Waals surface area contributed by atoms with Gasteiger partial charge in [0, 0.05) is 26.2 Å². The summed E-state index contributed by atoms with van der Waals surface area (Å²) in [5, 5.41) is 3.33. The molecule has 1 saturated heterocycles. The molecule has 4 nitrogen and oxygen atoms in total. The Morgan fingerprint density at radius 3 is 3.00 bits per heavy atom.